The Morgan fingerprint density at radius 2 is 1.96 bits per heavy atom. The SMILES string of the molecule is Cc1cc(C)c2nc3sc(=Cc4cc5c(cc4[N+](=O)[O-])OCO5)c(=O)n3c2c1. The summed E-state index contributed by atoms with van der Waals surface area (Å²) in [5.74, 6) is 0.742. The van der Waals surface area contributed by atoms with Crippen LogP contribution in [-0.4, -0.2) is 21.1 Å². The maximum atomic E-state index is 13.0. The number of thiazole rings is 1. The number of nitro groups is 1. The number of rotatable bonds is 2. The Bertz CT molecular complexity index is 1420. The molecule has 0 radical (unpaired) electrons. The molecule has 0 saturated heterocycles. The van der Waals surface area contributed by atoms with E-state index in [2.05, 4.69) is 4.98 Å². The van der Waals surface area contributed by atoms with Crippen molar-refractivity contribution in [1.29, 1.82) is 0 Å². The fraction of sp³-hybridized carbons (Fsp3) is 0.158. The van der Waals surface area contributed by atoms with E-state index >= 15 is 0 Å². The van der Waals surface area contributed by atoms with Gasteiger partial charge in [0.2, 0.25) is 6.79 Å². The summed E-state index contributed by atoms with van der Waals surface area (Å²) in [5.41, 5.74) is 3.46. The summed E-state index contributed by atoms with van der Waals surface area (Å²) in [4.78, 5) is 29.1. The Kier molecular flexibility index (Phi) is 3.44. The molecule has 8 nitrogen and oxygen atoms in total. The lowest BCUT2D eigenvalue weighted by molar-refractivity contribution is -0.385. The number of hydrogen-bond donors (Lipinski definition) is 0. The van der Waals surface area contributed by atoms with E-state index in [0.717, 1.165) is 22.2 Å². The van der Waals surface area contributed by atoms with Crippen molar-refractivity contribution in [2.45, 2.75) is 13.8 Å². The van der Waals surface area contributed by atoms with Gasteiger partial charge in [-0.05, 0) is 43.2 Å². The largest absolute Gasteiger partial charge is 0.454 e. The molecule has 0 aliphatic carbocycles. The van der Waals surface area contributed by atoms with E-state index in [0.29, 0.717) is 21.0 Å². The van der Waals surface area contributed by atoms with Crippen molar-refractivity contribution in [2.75, 3.05) is 6.79 Å². The monoisotopic (exact) mass is 395 g/mol. The first-order chi connectivity index (χ1) is 13.4. The van der Waals surface area contributed by atoms with Crippen LogP contribution < -0.4 is 19.6 Å². The fourth-order valence-corrected chi connectivity index (χ4v) is 4.44. The first kappa shape index (κ1) is 16.7. The zero-order chi connectivity index (χ0) is 19.6. The van der Waals surface area contributed by atoms with E-state index in [1.165, 1.54) is 29.5 Å². The van der Waals surface area contributed by atoms with Crippen molar-refractivity contribution >= 4 is 39.1 Å². The highest BCUT2D eigenvalue weighted by Crippen LogP contribution is 2.38. The van der Waals surface area contributed by atoms with Gasteiger partial charge in [-0.25, -0.2) is 9.38 Å². The van der Waals surface area contributed by atoms with Crippen LogP contribution in [-0.2, 0) is 0 Å². The third kappa shape index (κ3) is 2.36. The van der Waals surface area contributed by atoms with E-state index in [4.69, 9.17) is 9.47 Å². The molecule has 0 unspecified atom stereocenters. The molecule has 0 spiro atoms. The van der Waals surface area contributed by atoms with Gasteiger partial charge < -0.3 is 9.47 Å². The summed E-state index contributed by atoms with van der Waals surface area (Å²) in [6.07, 6.45) is 1.51. The number of nitrogens with zero attached hydrogens (tertiary/aromatic N) is 3. The highest BCUT2D eigenvalue weighted by atomic mass is 32.1. The molecule has 2 aromatic carbocycles. The Labute approximate surface area is 161 Å². The van der Waals surface area contributed by atoms with Crippen molar-refractivity contribution in [3.8, 4) is 11.5 Å². The maximum absolute atomic E-state index is 13.0. The number of aromatic nitrogens is 2. The molecule has 9 heteroatoms. The van der Waals surface area contributed by atoms with Crippen LogP contribution in [0.15, 0.2) is 29.1 Å². The molecule has 28 heavy (non-hydrogen) atoms. The zero-order valence-electron chi connectivity index (χ0n) is 14.9. The normalized spacial score (nSPS) is 13.7. The van der Waals surface area contributed by atoms with E-state index < -0.39 is 4.92 Å². The standard InChI is InChI=1S/C19H13N3O5S/c1-9-3-10(2)17-13(4-9)21-18(23)16(28-19(21)20-17)6-11-5-14-15(27-8-26-14)7-12(11)22(24)25/h3-7H,8H2,1-2H3. The van der Waals surface area contributed by atoms with Gasteiger partial charge in [0, 0.05) is 0 Å². The molecule has 1 aliphatic heterocycles. The van der Waals surface area contributed by atoms with Gasteiger partial charge in [0.15, 0.2) is 16.5 Å². The average molecular weight is 395 g/mol. The third-order valence-corrected chi connectivity index (χ3v) is 5.65. The van der Waals surface area contributed by atoms with Gasteiger partial charge in [-0.1, -0.05) is 17.4 Å². The minimum atomic E-state index is -0.501. The van der Waals surface area contributed by atoms with Crippen LogP contribution in [0.5, 0.6) is 11.5 Å². The van der Waals surface area contributed by atoms with Crippen molar-refractivity contribution in [3.05, 3.63) is 66.0 Å². The molecule has 0 fully saturated rings. The van der Waals surface area contributed by atoms with Crippen LogP contribution >= 0.6 is 11.3 Å². The Morgan fingerprint density at radius 1 is 1.21 bits per heavy atom. The summed E-state index contributed by atoms with van der Waals surface area (Å²) in [6.45, 7) is 3.94. The summed E-state index contributed by atoms with van der Waals surface area (Å²) in [7, 11) is 0. The van der Waals surface area contributed by atoms with Crippen LogP contribution in [0.3, 0.4) is 0 Å². The van der Waals surface area contributed by atoms with E-state index in [9.17, 15) is 14.9 Å². The molecule has 2 aromatic heterocycles. The van der Waals surface area contributed by atoms with Crippen LogP contribution in [0, 0.1) is 24.0 Å². The molecule has 140 valence electrons. The topological polar surface area (TPSA) is 96.0 Å². The lowest BCUT2D eigenvalue weighted by atomic mass is 10.1. The van der Waals surface area contributed by atoms with Crippen molar-refractivity contribution in [2.24, 2.45) is 0 Å². The van der Waals surface area contributed by atoms with Gasteiger partial charge >= 0.3 is 0 Å². The third-order valence-electron chi connectivity index (χ3n) is 4.68. The predicted molar refractivity (Wildman–Crippen MR) is 104 cm³/mol. The van der Waals surface area contributed by atoms with Crippen LogP contribution in [0.25, 0.3) is 22.1 Å². The number of nitro benzene ring substituents is 1. The summed E-state index contributed by atoms with van der Waals surface area (Å²) >= 11 is 1.20. The Hall–Kier alpha value is -3.46. The molecule has 1 aliphatic rings. The molecule has 0 bridgehead atoms. The van der Waals surface area contributed by atoms with Crippen molar-refractivity contribution < 1.29 is 14.4 Å². The molecule has 4 aromatic rings. The van der Waals surface area contributed by atoms with Crippen LogP contribution in [0.1, 0.15) is 16.7 Å². The summed E-state index contributed by atoms with van der Waals surface area (Å²) in [5, 5.41) is 11.5. The predicted octanol–water partition coefficient (Wildman–Crippen LogP) is 2.71. The van der Waals surface area contributed by atoms with Gasteiger partial charge in [-0.2, -0.15) is 0 Å². The molecule has 0 saturated carbocycles. The van der Waals surface area contributed by atoms with Gasteiger partial charge in [0.25, 0.3) is 11.2 Å². The van der Waals surface area contributed by atoms with E-state index in [1.54, 1.807) is 4.40 Å². The second-order valence-corrected chi connectivity index (χ2v) is 7.63. The lowest BCUT2D eigenvalue weighted by Crippen LogP contribution is -2.22. The fourth-order valence-electron chi connectivity index (χ4n) is 3.47. The highest BCUT2D eigenvalue weighted by Gasteiger charge is 2.23. The smallest absolute Gasteiger partial charge is 0.280 e. The van der Waals surface area contributed by atoms with Gasteiger partial charge in [-0.3, -0.25) is 14.9 Å². The maximum Gasteiger partial charge on any atom is 0.280 e. The average Bonchev–Trinajstić information content (AvgIpc) is 3.30. The van der Waals surface area contributed by atoms with E-state index in [-0.39, 0.29) is 23.6 Å². The summed E-state index contributed by atoms with van der Waals surface area (Å²) in [6, 6.07) is 6.78. The number of fused-ring (bicyclic) bond motifs is 4. The molecule has 5 rings (SSSR count). The van der Waals surface area contributed by atoms with Crippen LogP contribution in [0.4, 0.5) is 5.69 Å². The second-order valence-electron chi connectivity index (χ2n) is 6.62. The van der Waals surface area contributed by atoms with Gasteiger partial charge in [0.05, 0.1) is 32.1 Å². The quantitative estimate of drug-likeness (QED) is 0.382. The number of ether oxygens (including phenoxy) is 2. The molecule has 0 N–H and O–H groups in total. The molecule has 0 atom stereocenters. The number of hydrogen-bond acceptors (Lipinski definition) is 7. The second kappa shape index (κ2) is 5.77. The van der Waals surface area contributed by atoms with Crippen LogP contribution in [0.2, 0.25) is 0 Å². The number of benzene rings is 2. The van der Waals surface area contributed by atoms with E-state index in [1.807, 2.05) is 26.0 Å². The number of aryl methyl sites for hydroxylation is 2. The number of imidazole rings is 1. The molecule has 3 heterocycles. The zero-order valence-corrected chi connectivity index (χ0v) is 15.7. The molecular formula is C19H13N3O5S. The Balaban J connectivity index is 1.79. The first-order valence-corrected chi connectivity index (χ1v) is 9.26. The highest BCUT2D eigenvalue weighted by molar-refractivity contribution is 7.15. The first-order valence-electron chi connectivity index (χ1n) is 8.44. The van der Waals surface area contributed by atoms with Gasteiger partial charge in [0.1, 0.15) is 0 Å². The summed E-state index contributed by atoms with van der Waals surface area (Å²) < 4.78 is 12.4. The molecule has 0 amide bonds. The van der Waals surface area contributed by atoms with Gasteiger partial charge in [-0.15, -0.1) is 0 Å². The Morgan fingerprint density at radius 3 is 2.71 bits per heavy atom. The molecular weight excluding hydrogens is 382 g/mol. The minimum absolute atomic E-state index is 0.0141. The minimum Gasteiger partial charge on any atom is -0.454 e. The van der Waals surface area contributed by atoms with Crippen molar-refractivity contribution in [1.82, 2.24) is 9.38 Å². The lowest BCUT2D eigenvalue weighted by Gasteiger charge is -2.00. The van der Waals surface area contributed by atoms with Crippen molar-refractivity contribution in [3.63, 3.8) is 0 Å².